The largest absolute Gasteiger partial charge is 0.496 e. The molecular formula is C11H12BrFO2. The highest BCUT2D eigenvalue weighted by Crippen LogP contribution is 2.41. The standard InChI is InChI=1S/C11H12BrFO2/c1-15-9-3-2-8(12)10(13)7(9)6-11(14)4-5-11/h2-3,14H,4-6H2,1H3. The van der Waals surface area contributed by atoms with Crippen LogP contribution < -0.4 is 4.74 Å². The van der Waals surface area contributed by atoms with Crippen molar-refractivity contribution in [3.63, 3.8) is 0 Å². The summed E-state index contributed by atoms with van der Waals surface area (Å²) in [5.41, 5.74) is -0.263. The second-order valence-corrected chi connectivity index (χ2v) is 4.80. The van der Waals surface area contributed by atoms with E-state index in [0.717, 1.165) is 12.8 Å². The molecule has 15 heavy (non-hydrogen) atoms. The zero-order valence-electron chi connectivity index (χ0n) is 8.39. The van der Waals surface area contributed by atoms with Crippen LogP contribution >= 0.6 is 15.9 Å². The molecule has 0 atom stereocenters. The molecule has 0 amide bonds. The molecule has 1 aliphatic carbocycles. The number of halogens is 2. The lowest BCUT2D eigenvalue weighted by Crippen LogP contribution is -2.13. The maximum Gasteiger partial charge on any atom is 0.144 e. The van der Waals surface area contributed by atoms with Gasteiger partial charge >= 0.3 is 0 Å². The molecule has 2 rings (SSSR count). The van der Waals surface area contributed by atoms with E-state index >= 15 is 0 Å². The van der Waals surface area contributed by atoms with Crippen molar-refractivity contribution in [2.24, 2.45) is 0 Å². The number of ether oxygens (including phenoxy) is 1. The van der Waals surface area contributed by atoms with Crippen LogP contribution in [0.15, 0.2) is 16.6 Å². The minimum atomic E-state index is -0.713. The molecule has 82 valence electrons. The maximum atomic E-state index is 13.8. The topological polar surface area (TPSA) is 29.5 Å². The van der Waals surface area contributed by atoms with E-state index in [1.807, 2.05) is 0 Å². The summed E-state index contributed by atoms with van der Waals surface area (Å²) in [6.07, 6.45) is 1.80. The zero-order valence-corrected chi connectivity index (χ0v) is 9.97. The van der Waals surface area contributed by atoms with Crippen LogP contribution in [0.1, 0.15) is 18.4 Å². The van der Waals surface area contributed by atoms with Crippen molar-refractivity contribution in [3.05, 3.63) is 28.0 Å². The van der Waals surface area contributed by atoms with E-state index in [9.17, 15) is 9.50 Å². The van der Waals surface area contributed by atoms with Crippen molar-refractivity contribution in [2.45, 2.75) is 24.9 Å². The molecule has 0 aliphatic heterocycles. The Morgan fingerprint density at radius 1 is 1.53 bits per heavy atom. The van der Waals surface area contributed by atoms with Gasteiger partial charge in [0.1, 0.15) is 11.6 Å². The molecule has 1 aromatic rings. The number of benzene rings is 1. The fraction of sp³-hybridized carbons (Fsp3) is 0.455. The molecule has 0 heterocycles. The molecule has 0 unspecified atom stereocenters. The van der Waals surface area contributed by atoms with Gasteiger partial charge in [-0.2, -0.15) is 0 Å². The summed E-state index contributed by atoms with van der Waals surface area (Å²) in [5, 5.41) is 9.78. The molecule has 1 aromatic carbocycles. The summed E-state index contributed by atoms with van der Waals surface area (Å²) in [5.74, 6) is 0.158. The van der Waals surface area contributed by atoms with E-state index in [1.165, 1.54) is 7.11 Å². The van der Waals surface area contributed by atoms with Gasteiger partial charge < -0.3 is 9.84 Å². The Morgan fingerprint density at radius 2 is 2.20 bits per heavy atom. The Labute approximate surface area is 96.2 Å². The predicted octanol–water partition coefficient (Wildman–Crippen LogP) is 2.66. The summed E-state index contributed by atoms with van der Waals surface area (Å²) in [4.78, 5) is 0. The molecule has 0 aromatic heterocycles. The van der Waals surface area contributed by atoms with Crippen molar-refractivity contribution >= 4 is 15.9 Å². The highest BCUT2D eigenvalue weighted by atomic mass is 79.9. The summed E-state index contributed by atoms with van der Waals surface area (Å²) >= 11 is 3.13. The molecule has 1 saturated carbocycles. The van der Waals surface area contributed by atoms with Gasteiger partial charge in [0.05, 0.1) is 17.2 Å². The summed E-state index contributed by atoms with van der Waals surface area (Å²) < 4.78 is 19.3. The van der Waals surface area contributed by atoms with Crippen LogP contribution in [-0.4, -0.2) is 17.8 Å². The Balaban J connectivity index is 2.37. The summed E-state index contributed by atoms with van der Waals surface area (Å²) in [7, 11) is 1.50. The zero-order chi connectivity index (χ0) is 11.1. The Hall–Kier alpha value is -0.610. The molecule has 1 fully saturated rings. The molecule has 1 N–H and O–H groups in total. The lowest BCUT2D eigenvalue weighted by atomic mass is 10.0. The molecule has 1 aliphatic rings. The van der Waals surface area contributed by atoms with Crippen molar-refractivity contribution < 1.29 is 14.2 Å². The van der Waals surface area contributed by atoms with E-state index in [4.69, 9.17) is 4.74 Å². The van der Waals surface area contributed by atoms with Gasteiger partial charge in [-0.1, -0.05) is 0 Å². The second-order valence-electron chi connectivity index (χ2n) is 3.94. The van der Waals surface area contributed by atoms with Crippen LogP contribution in [0.25, 0.3) is 0 Å². The molecule has 0 spiro atoms. The van der Waals surface area contributed by atoms with Crippen LogP contribution in [-0.2, 0) is 6.42 Å². The Bertz CT molecular complexity index is 388. The minimum Gasteiger partial charge on any atom is -0.496 e. The lowest BCUT2D eigenvalue weighted by Gasteiger charge is -2.13. The van der Waals surface area contributed by atoms with Crippen LogP contribution in [0.5, 0.6) is 5.75 Å². The van der Waals surface area contributed by atoms with Crippen molar-refractivity contribution in [1.82, 2.24) is 0 Å². The van der Waals surface area contributed by atoms with Gasteiger partial charge in [-0.25, -0.2) is 4.39 Å². The molecule has 0 saturated heterocycles. The van der Waals surface area contributed by atoms with Crippen molar-refractivity contribution in [3.8, 4) is 5.75 Å². The van der Waals surface area contributed by atoms with Gasteiger partial charge in [0.15, 0.2) is 0 Å². The quantitative estimate of drug-likeness (QED) is 0.919. The monoisotopic (exact) mass is 274 g/mol. The second kappa shape index (κ2) is 3.76. The first kappa shape index (κ1) is 10.9. The molecular weight excluding hydrogens is 263 g/mol. The van der Waals surface area contributed by atoms with Gasteiger partial charge in [-0.05, 0) is 40.9 Å². The Morgan fingerprint density at radius 3 is 2.73 bits per heavy atom. The van der Waals surface area contributed by atoms with Crippen LogP contribution in [0.4, 0.5) is 4.39 Å². The summed E-state index contributed by atoms with van der Waals surface area (Å²) in [6, 6.07) is 3.31. The van der Waals surface area contributed by atoms with Gasteiger partial charge in [-0.3, -0.25) is 0 Å². The van der Waals surface area contributed by atoms with Crippen LogP contribution in [0, 0.1) is 5.82 Å². The van der Waals surface area contributed by atoms with Gasteiger partial charge in [0, 0.05) is 12.0 Å². The SMILES string of the molecule is COc1ccc(Br)c(F)c1CC1(O)CC1. The first-order valence-electron chi connectivity index (χ1n) is 4.79. The average molecular weight is 275 g/mol. The van der Waals surface area contributed by atoms with Crippen LogP contribution in [0.2, 0.25) is 0 Å². The minimum absolute atomic E-state index is 0.321. The molecule has 4 heteroatoms. The predicted molar refractivity (Wildman–Crippen MR) is 58.5 cm³/mol. The fourth-order valence-corrected chi connectivity index (χ4v) is 1.95. The van der Waals surface area contributed by atoms with Crippen molar-refractivity contribution in [2.75, 3.05) is 7.11 Å². The highest BCUT2D eigenvalue weighted by molar-refractivity contribution is 9.10. The van der Waals surface area contributed by atoms with Crippen molar-refractivity contribution in [1.29, 1.82) is 0 Å². The Kier molecular flexibility index (Phi) is 2.73. The van der Waals surface area contributed by atoms with E-state index in [1.54, 1.807) is 12.1 Å². The molecule has 0 radical (unpaired) electrons. The maximum absolute atomic E-state index is 13.8. The normalized spacial score (nSPS) is 17.6. The molecule has 0 bridgehead atoms. The first-order chi connectivity index (χ1) is 7.06. The number of hydrogen-bond acceptors (Lipinski definition) is 2. The number of methoxy groups -OCH3 is 1. The van der Waals surface area contributed by atoms with E-state index in [2.05, 4.69) is 15.9 Å². The summed E-state index contributed by atoms with van der Waals surface area (Å²) in [6.45, 7) is 0. The van der Waals surface area contributed by atoms with E-state index in [0.29, 0.717) is 22.2 Å². The third-order valence-electron chi connectivity index (χ3n) is 2.71. The number of rotatable bonds is 3. The van der Waals surface area contributed by atoms with Crippen LogP contribution in [0.3, 0.4) is 0 Å². The third kappa shape index (κ3) is 2.16. The smallest absolute Gasteiger partial charge is 0.144 e. The highest BCUT2D eigenvalue weighted by Gasteiger charge is 2.41. The lowest BCUT2D eigenvalue weighted by molar-refractivity contribution is 0.148. The first-order valence-corrected chi connectivity index (χ1v) is 5.58. The van der Waals surface area contributed by atoms with E-state index in [-0.39, 0.29) is 5.82 Å². The number of aliphatic hydroxyl groups is 1. The van der Waals surface area contributed by atoms with Gasteiger partial charge in [0.25, 0.3) is 0 Å². The van der Waals surface area contributed by atoms with Gasteiger partial charge in [0.2, 0.25) is 0 Å². The van der Waals surface area contributed by atoms with E-state index < -0.39 is 5.60 Å². The average Bonchev–Trinajstić information content (AvgIpc) is 2.92. The van der Waals surface area contributed by atoms with Gasteiger partial charge in [-0.15, -0.1) is 0 Å². The fourth-order valence-electron chi connectivity index (χ4n) is 1.58. The number of hydrogen-bond donors (Lipinski definition) is 1. The third-order valence-corrected chi connectivity index (χ3v) is 3.32. The molecule has 2 nitrogen and oxygen atoms in total.